The predicted molar refractivity (Wildman–Crippen MR) is 78.5 cm³/mol. The maximum atomic E-state index is 11.3. The summed E-state index contributed by atoms with van der Waals surface area (Å²) in [5, 5.41) is 11.2. The number of aryl methyl sites for hydroxylation is 1. The third kappa shape index (κ3) is 3.49. The lowest BCUT2D eigenvalue weighted by molar-refractivity contribution is -0.384. The van der Waals surface area contributed by atoms with Crippen LogP contribution >= 0.6 is 0 Å². The number of methoxy groups -OCH3 is 1. The molecule has 0 radical (unpaired) electrons. The highest BCUT2D eigenvalue weighted by molar-refractivity contribution is 5.71. The fourth-order valence-electron chi connectivity index (χ4n) is 2.58. The number of piperazine rings is 1. The summed E-state index contributed by atoms with van der Waals surface area (Å²) < 4.78 is 4.65. The second-order valence-electron chi connectivity index (χ2n) is 5.04. The zero-order valence-electron chi connectivity index (χ0n) is 12.2. The zero-order chi connectivity index (χ0) is 15.4. The van der Waals surface area contributed by atoms with Crippen molar-refractivity contribution in [3.8, 4) is 0 Å². The number of esters is 1. The van der Waals surface area contributed by atoms with E-state index in [0.29, 0.717) is 31.9 Å². The third-order valence-corrected chi connectivity index (χ3v) is 3.68. The molecule has 1 aliphatic heterocycles. The van der Waals surface area contributed by atoms with Gasteiger partial charge in [0, 0.05) is 32.2 Å². The first kappa shape index (κ1) is 15.2. The van der Waals surface area contributed by atoms with Gasteiger partial charge in [-0.3, -0.25) is 19.8 Å². The van der Waals surface area contributed by atoms with E-state index in [2.05, 4.69) is 4.74 Å². The van der Waals surface area contributed by atoms with Crippen molar-refractivity contribution < 1.29 is 14.5 Å². The minimum Gasteiger partial charge on any atom is -0.468 e. The number of carbonyl (C=O) groups excluding carboxylic acids is 1. The van der Waals surface area contributed by atoms with Crippen LogP contribution in [0, 0.1) is 17.0 Å². The standard InChI is InChI=1S/C14H19N3O4/c1-11-4-3-5-12(17(19)20)14(11)16-8-6-15(7-9-16)10-13(18)21-2/h3-5H,6-10H2,1-2H3. The molecule has 1 aliphatic rings. The molecule has 0 amide bonds. The number of para-hydroxylation sites is 1. The number of anilines is 1. The molecule has 1 fully saturated rings. The van der Waals surface area contributed by atoms with Crippen molar-refractivity contribution >= 4 is 17.3 Å². The monoisotopic (exact) mass is 293 g/mol. The molecule has 21 heavy (non-hydrogen) atoms. The van der Waals surface area contributed by atoms with Crippen LogP contribution < -0.4 is 4.90 Å². The lowest BCUT2D eigenvalue weighted by Gasteiger charge is -2.35. The maximum Gasteiger partial charge on any atom is 0.319 e. The topological polar surface area (TPSA) is 75.9 Å². The van der Waals surface area contributed by atoms with Crippen LogP contribution in [0.1, 0.15) is 5.56 Å². The Morgan fingerprint density at radius 1 is 1.33 bits per heavy atom. The van der Waals surface area contributed by atoms with Gasteiger partial charge in [0.1, 0.15) is 5.69 Å². The van der Waals surface area contributed by atoms with E-state index in [-0.39, 0.29) is 23.1 Å². The summed E-state index contributed by atoms with van der Waals surface area (Å²) in [5.41, 5.74) is 1.71. The highest BCUT2D eigenvalue weighted by Gasteiger charge is 2.25. The van der Waals surface area contributed by atoms with Crippen LogP contribution in [0.4, 0.5) is 11.4 Å². The molecule has 0 saturated carbocycles. The molecule has 0 N–H and O–H groups in total. The Bertz CT molecular complexity index is 539. The van der Waals surface area contributed by atoms with Crippen molar-refractivity contribution in [2.75, 3.05) is 44.7 Å². The first-order valence-electron chi connectivity index (χ1n) is 6.81. The quantitative estimate of drug-likeness (QED) is 0.471. The Balaban J connectivity index is 2.09. The number of nitro benzene ring substituents is 1. The minimum absolute atomic E-state index is 0.136. The Kier molecular flexibility index (Phi) is 4.74. The van der Waals surface area contributed by atoms with E-state index in [1.54, 1.807) is 6.07 Å². The number of hydrogen-bond acceptors (Lipinski definition) is 6. The number of ether oxygens (including phenoxy) is 1. The number of nitro groups is 1. The molecule has 0 atom stereocenters. The van der Waals surface area contributed by atoms with E-state index in [0.717, 1.165) is 5.56 Å². The van der Waals surface area contributed by atoms with Crippen LogP contribution in [0.5, 0.6) is 0 Å². The van der Waals surface area contributed by atoms with E-state index in [4.69, 9.17) is 0 Å². The fourth-order valence-corrected chi connectivity index (χ4v) is 2.58. The van der Waals surface area contributed by atoms with Crippen molar-refractivity contribution in [3.63, 3.8) is 0 Å². The molecular weight excluding hydrogens is 274 g/mol. The van der Waals surface area contributed by atoms with Gasteiger partial charge in [0.05, 0.1) is 18.6 Å². The van der Waals surface area contributed by atoms with Crippen LogP contribution in [0.25, 0.3) is 0 Å². The summed E-state index contributed by atoms with van der Waals surface area (Å²) in [7, 11) is 1.37. The van der Waals surface area contributed by atoms with Gasteiger partial charge in [0.2, 0.25) is 0 Å². The lowest BCUT2D eigenvalue weighted by atomic mass is 10.1. The molecule has 0 bridgehead atoms. The number of rotatable bonds is 4. The van der Waals surface area contributed by atoms with Gasteiger partial charge in [-0.25, -0.2) is 0 Å². The summed E-state index contributed by atoms with van der Waals surface area (Å²) in [6.07, 6.45) is 0. The van der Waals surface area contributed by atoms with Crippen LogP contribution in [0.2, 0.25) is 0 Å². The van der Waals surface area contributed by atoms with E-state index < -0.39 is 0 Å². The van der Waals surface area contributed by atoms with E-state index >= 15 is 0 Å². The summed E-state index contributed by atoms with van der Waals surface area (Å²) >= 11 is 0. The summed E-state index contributed by atoms with van der Waals surface area (Å²) in [4.78, 5) is 26.1. The molecule has 7 nitrogen and oxygen atoms in total. The van der Waals surface area contributed by atoms with Crippen molar-refractivity contribution in [1.29, 1.82) is 0 Å². The summed E-state index contributed by atoms with van der Waals surface area (Å²) in [6.45, 7) is 4.82. The fraction of sp³-hybridized carbons (Fsp3) is 0.500. The number of carbonyl (C=O) groups is 1. The van der Waals surface area contributed by atoms with Crippen LogP contribution in [-0.4, -0.2) is 55.6 Å². The van der Waals surface area contributed by atoms with Crippen molar-refractivity contribution in [2.24, 2.45) is 0 Å². The van der Waals surface area contributed by atoms with E-state index in [9.17, 15) is 14.9 Å². The Morgan fingerprint density at radius 3 is 2.57 bits per heavy atom. The molecule has 0 aliphatic carbocycles. The smallest absolute Gasteiger partial charge is 0.319 e. The molecule has 1 aromatic carbocycles. The molecular formula is C14H19N3O4. The Hall–Kier alpha value is -2.15. The van der Waals surface area contributed by atoms with Crippen molar-refractivity contribution in [2.45, 2.75) is 6.92 Å². The van der Waals surface area contributed by atoms with Gasteiger partial charge in [-0.2, -0.15) is 0 Å². The molecule has 1 saturated heterocycles. The van der Waals surface area contributed by atoms with Gasteiger partial charge in [-0.05, 0) is 12.5 Å². The molecule has 0 unspecified atom stereocenters. The molecule has 2 rings (SSSR count). The van der Waals surface area contributed by atoms with E-state index in [1.807, 2.05) is 22.8 Å². The third-order valence-electron chi connectivity index (χ3n) is 3.68. The van der Waals surface area contributed by atoms with Gasteiger partial charge >= 0.3 is 5.97 Å². The molecule has 1 aromatic rings. The van der Waals surface area contributed by atoms with Gasteiger partial charge in [-0.15, -0.1) is 0 Å². The molecule has 0 spiro atoms. The SMILES string of the molecule is COC(=O)CN1CCN(c2c(C)cccc2[N+](=O)[O-])CC1. The average molecular weight is 293 g/mol. The average Bonchev–Trinajstić information content (AvgIpc) is 2.47. The molecule has 7 heteroatoms. The minimum atomic E-state index is -0.344. The Labute approximate surface area is 123 Å². The lowest BCUT2D eigenvalue weighted by Crippen LogP contribution is -2.48. The normalized spacial score (nSPS) is 15.8. The summed E-state index contributed by atoms with van der Waals surface area (Å²) in [5.74, 6) is -0.259. The molecule has 0 aromatic heterocycles. The second-order valence-corrected chi connectivity index (χ2v) is 5.04. The highest BCUT2D eigenvalue weighted by atomic mass is 16.6. The number of hydrogen-bond donors (Lipinski definition) is 0. The summed E-state index contributed by atoms with van der Waals surface area (Å²) in [6, 6.07) is 5.11. The van der Waals surface area contributed by atoms with Gasteiger partial charge < -0.3 is 9.64 Å². The van der Waals surface area contributed by atoms with Gasteiger partial charge in [-0.1, -0.05) is 12.1 Å². The van der Waals surface area contributed by atoms with Crippen LogP contribution in [0.15, 0.2) is 18.2 Å². The molecule has 1 heterocycles. The van der Waals surface area contributed by atoms with Crippen molar-refractivity contribution in [3.05, 3.63) is 33.9 Å². The van der Waals surface area contributed by atoms with E-state index in [1.165, 1.54) is 13.2 Å². The number of benzene rings is 1. The first-order chi connectivity index (χ1) is 10.0. The predicted octanol–water partition coefficient (Wildman–Crippen LogP) is 1.20. The maximum absolute atomic E-state index is 11.3. The second kappa shape index (κ2) is 6.53. The Morgan fingerprint density at radius 2 is 2.00 bits per heavy atom. The van der Waals surface area contributed by atoms with Crippen LogP contribution in [-0.2, 0) is 9.53 Å². The first-order valence-corrected chi connectivity index (χ1v) is 6.81. The largest absolute Gasteiger partial charge is 0.468 e. The van der Waals surface area contributed by atoms with Gasteiger partial charge in [0.25, 0.3) is 5.69 Å². The van der Waals surface area contributed by atoms with Gasteiger partial charge in [0.15, 0.2) is 0 Å². The van der Waals surface area contributed by atoms with Crippen molar-refractivity contribution in [1.82, 2.24) is 4.90 Å². The highest BCUT2D eigenvalue weighted by Crippen LogP contribution is 2.32. The van der Waals surface area contributed by atoms with Crippen LogP contribution in [0.3, 0.4) is 0 Å². The number of nitrogens with zero attached hydrogens (tertiary/aromatic N) is 3. The zero-order valence-corrected chi connectivity index (χ0v) is 12.2. The molecule has 114 valence electrons.